The molecule has 2 fully saturated rings. The lowest BCUT2D eigenvalue weighted by Gasteiger charge is -2.33. The third-order valence-electron chi connectivity index (χ3n) is 3.63. The highest BCUT2D eigenvalue weighted by Crippen LogP contribution is 2.17. The largest absolute Gasteiger partial charge is 0.480 e. The van der Waals surface area contributed by atoms with E-state index in [2.05, 4.69) is 10.2 Å². The summed E-state index contributed by atoms with van der Waals surface area (Å²) in [6.45, 7) is 4.07. The molecule has 0 aromatic heterocycles. The van der Waals surface area contributed by atoms with Crippen LogP contribution in [0.5, 0.6) is 0 Å². The van der Waals surface area contributed by atoms with Gasteiger partial charge in [-0.1, -0.05) is 0 Å². The lowest BCUT2D eigenvalue weighted by Crippen LogP contribution is -2.55. The van der Waals surface area contributed by atoms with Crippen molar-refractivity contribution in [1.82, 2.24) is 10.2 Å². The minimum Gasteiger partial charge on any atom is -0.480 e. The number of ether oxygens (including phenoxy) is 1. The van der Waals surface area contributed by atoms with Gasteiger partial charge in [0.1, 0.15) is 6.04 Å². The number of rotatable bonds is 5. The van der Waals surface area contributed by atoms with Gasteiger partial charge < -0.3 is 15.2 Å². The SMILES string of the molecule is O=C(O)C1CNCCN1CCCC1CCCO1. The first-order chi connectivity index (χ1) is 8.27. The zero-order valence-corrected chi connectivity index (χ0v) is 10.2. The molecule has 0 bridgehead atoms. The van der Waals surface area contributed by atoms with Gasteiger partial charge in [-0.25, -0.2) is 0 Å². The van der Waals surface area contributed by atoms with E-state index in [4.69, 9.17) is 9.84 Å². The summed E-state index contributed by atoms with van der Waals surface area (Å²) in [6, 6.07) is -0.353. The maximum atomic E-state index is 11.1. The Hall–Kier alpha value is -0.650. The van der Waals surface area contributed by atoms with E-state index in [1.165, 1.54) is 12.8 Å². The lowest BCUT2D eigenvalue weighted by atomic mass is 10.1. The second-order valence-electron chi connectivity index (χ2n) is 4.87. The summed E-state index contributed by atoms with van der Waals surface area (Å²) in [7, 11) is 0. The molecule has 2 heterocycles. The number of hydrogen-bond donors (Lipinski definition) is 2. The molecule has 2 saturated heterocycles. The van der Waals surface area contributed by atoms with Crippen molar-refractivity contribution in [3.05, 3.63) is 0 Å². The number of hydrogen-bond acceptors (Lipinski definition) is 4. The van der Waals surface area contributed by atoms with Crippen LogP contribution in [0.3, 0.4) is 0 Å². The fourth-order valence-corrected chi connectivity index (χ4v) is 2.65. The predicted molar refractivity (Wildman–Crippen MR) is 64.1 cm³/mol. The van der Waals surface area contributed by atoms with Gasteiger partial charge in [-0.2, -0.15) is 0 Å². The summed E-state index contributed by atoms with van der Waals surface area (Å²) in [5.41, 5.74) is 0. The van der Waals surface area contributed by atoms with E-state index in [1.54, 1.807) is 0 Å². The summed E-state index contributed by atoms with van der Waals surface area (Å²) in [6.07, 6.45) is 4.87. The Balaban J connectivity index is 1.70. The average molecular weight is 242 g/mol. The van der Waals surface area contributed by atoms with Gasteiger partial charge in [-0.15, -0.1) is 0 Å². The quantitative estimate of drug-likeness (QED) is 0.726. The van der Waals surface area contributed by atoms with Crippen molar-refractivity contribution in [3.63, 3.8) is 0 Å². The molecule has 98 valence electrons. The van der Waals surface area contributed by atoms with Crippen LogP contribution in [0.1, 0.15) is 25.7 Å². The third kappa shape index (κ3) is 3.66. The molecule has 5 nitrogen and oxygen atoms in total. The summed E-state index contributed by atoms with van der Waals surface area (Å²) in [5, 5.41) is 12.2. The number of carboxylic acid groups (broad SMARTS) is 1. The highest BCUT2D eigenvalue weighted by molar-refractivity contribution is 5.73. The zero-order chi connectivity index (χ0) is 12.1. The van der Waals surface area contributed by atoms with Gasteiger partial charge in [0.15, 0.2) is 0 Å². The predicted octanol–water partition coefficient (Wildman–Crippen LogP) is 0.304. The Kier molecular flexibility index (Phi) is 4.76. The molecule has 0 radical (unpaired) electrons. The first-order valence-electron chi connectivity index (χ1n) is 6.56. The van der Waals surface area contributed by atoms with Crippen molar-refractivity contribution in [2.45, 2.75) is 37.8 Å². The molecule has 0 saturated carbocycles. The van der Waals surface area contributed by atoms with Gasteiger partial charge in [-0.3, -0.25) is 9.69 Å². The van der Waals surface area contributed by atoms with E-state index in [1.807, 2.05) is 0 Å². The molecule has 5 heteroatoms. The molecule has 2 N–H and O–H groups in total. The second kappa shape index (κ2) is 6.33. The summed E-state index contributed by atoms with van der Waals surface area (Å²) >= 11 is 0. The molecule has 0 spiro atoms. The number of piperazine rings is 1. The number of aliphatic carboxylic acids is 1. The maximum Gasteiger partial charge on any atom is 0.322 e. The highest BCUT2D eigenvalue weighted by atomic mass is 16.5. The van der Waals surface area contributed by atoms with Crippen LogP contribution in [-0.2, 0) is 9.53 Å². The summed E-state index contributed by atoms with van der Waals surface area (Å²) in [5.74, 6) is -0.714. The van der Waals surface area contributed by atoms with Crippen LogP contribution < -0.4 is 5.32 Å². The lowest BCUT2D eigenvalue weighted by molar-refractivity contribution is -0.143. The van der Waals surface area contributed by atoms with Gasteiger partial charge in [0.05, 0.1) is 6.10 Å². The number of nitrogens with zero attached hydrogens (tertiary/aromatic N) is 1. The van der Waals surface area contributed by atoms with E-state index in [0.29, 0.717) is 12.6 Å². The first kappa shape index (κ1) is 12.8. The van der Waals surface area contributed by atoms with Crippen LogP contribution in [0.25, 0.3) is 0 Å². The molecule has 2 unspecified atom stereocenters. The summed E-state index contributed by atoms with van der Waals surface area (Å²) in [4.78, 5) is 13.2. The van der Waals surface area contributed by atoms with Gasteiger partial charge in [-0.05, 0) is 32.2 Å². The van der Waals surface area contributed by atoms with Crippen LogP contribution in [0.2, 0.25) is 0 Å². The molecule has 0 aliphatic carbocycles. The van der Waals surface area contributed by atoms with Gasteiger partial charge in [0, 0.05) is 26.2 Å². The molecule has 2 aliphatic heterocycles. The Bertz CT molecular complexity index is 254. The smallest absolute Gasteiger partial charge is 0.322 e. The van der Waals surface area contributed by atoms with Crippen LogP contribution in [0.15, 0.2) is 0 Å². The first-order valence-corrected chi connectivity index (χ1v) is 6.56. The van der Waals surface area contributed by atoms with Crippen LogP contribution in [0.4, 0.5) is 0 Å². The van der Waals surface area contributed by atoms with Crippen molar-refractivity contribution >= 4 is 5.97 Å². The Morgan fingerprint density at radius 3 is 3.12 bits per heavy atom. The van der Waals surface area contributed by atoms with Gasteiger partial charge in [0.25, 0.3) is 0 Å². The molecule has 0 aromatic carbocycles. The van der Waals surface area contributed by atoms with E-state index in [0.717, 1.165) is 39.1 Å². The van der Waals surface area contributed by atoms with Crippen LogP contribution in [-0.4, -0.2) is 60.9 Å². The number of nitrogens with one attached hydrogen (secondary N) is 1. The molecule has 17 heavy (non-hydrogen) atoms. The standard InChI is InChI=1S/C12H22N2O3/c15-12(16)11-9-13-5-7-14(11)6-1-3-10-4-2-8-17-10/h10-11,13H,1-9H2,(H,15,16). The Morgan fingerprint density at radius 2 is 2.41 bits per heavy atom. The second-order valence-corrected chi connectivity index (χ2v) is 4.87. The monoisotopic (exact) mass is 242 g/mol. The normalized spacial score (nSPS) is 30.6. The van der Waals surface area contributed by atoms with E-state index >= 15 is 0 Å². The fourth-order valence-electron chi connectivity index (χ4n) is 2.65. The summed E-state index contributed by atoms with van der Waals surface area (Å²) < 4.78 is 5.57. The van der Waals surface area contributed by atoms with Crippen molar-refractivity contribution in [3.8, 4) is 0 Å². The zero-order valence-electron chi connectivity index (χ0n) is 10.2. The molecule has 2 aliphatic rings. The Labute approximate surface area is 102 Å². The van der Waals surface area contributed by atoms with E-state index in [9.17, 15) is 4.79 Å². The Morgan fingerprint density at radius 1 is 1.53 bits per heavy atom. The molecular formula is C12H22N2O3. The van der Waals surface area contributed by atoms with Crippen molar-refractivity contribution in [2.75, 3.05) is 32.8 Å². The van der Waals surface area contributed by atoms with Crippen molar-refractivity contribution in [2.24, 2.45) is 0 Å². The molecule has 0 amide bonds. The van der Waals surface area contributed by atoms with Gasteiger partial charge >= 0.3 is 5.97 Å². The van der Waals surface area contributed by atoms with Crippen molar-refractivity contribution < 1.29 is 14.6 Å². The molecule has 0 aromatic rings. The van der Waals surface area contributed by atoms with Crippen LogP contribution >= 0.6 is 0 Å². The topological polar surface area (TPSA) is 61.8 Å². The minimum atomic E-state index is -0.714. The molecule has 2 atom stereocenters. The maximum absolute atomic E-state index is 11.1. The minimum absolute atomic E-state index is 0.353. The molecular weight excluding hydrogens is 220 g/mol. The van der Waals surface area contributed by atoms with Crippen molar-refractivity contribution in [1.29, 1.82) is 0 Å². The highest BCUT2D eigenvalue weighted by Gasteiger charge is 2.27. The average Bonchev–Trinajstić information content (AvgIpc) is 2.82. The van der Waals surface area contributed by atoms with Crippen LogP contribution in [0, 0.1) is 0 Å². The number of carbonyl (C=O) groups is 1. The van der Waals surface area contributed by atoms with Gasteiger partial charge in [0.2, 0.25) is 0 Å². The fraction of sp³-hybridized carbons (Fsp3) is 0.917. The third-order valence-corrected chi connectivity index (χ3v) is 3.63. The van der Waals surface area contributed by atoms with E-state index < -0.39 is 5.97 Å². The number of carboxylic acids is 1. The van der Waals surface area contributed by atoms with E-state index in [-0.39, 0.29) is 6.04 Å². The molecule has 2 rings (SSSR count).